The summed E-state index contributed by atoms with van der Waals surface area (Å²) in [7, 11) is 0. The normalized spacial score (nSPS) is 18.9. The molecule has 160 valence electrons. The summed E-state index contributed by atoms with van der Waals surface area (Å²) < 4.78 is 5.48. The van der Waals surface area contributed by atoms with Crippen LogP contribution < -0.4 is 5.32 Å². The maximum atomic E-state index is 13.0. The lowest BCUT2D eigenvalue weighted by atomic mass is 9.98. The Kier molecular flexibility index (Phi) is 6.62. The predicted octanol–water partition coefficient (Wildman–Crippen LogP) is 5.61. The van der Waals surface area contributed by atoms with Crippen LogP contribution in [0.5, 0.6) is 0 Å². The molecular formula is C22H26ClN3O3S. The van der Waals surface area contributed by atoms with Gasteiger partial charge in [0.25, 0.3) is 0 Å². The van der Waals surface area contributed by atoms with Gasteiger partial charge in [0.1, 0.15) is 16.2 Å². The summed E-state index contributed by atoms with van der Waals surface area (Å²) >= 11 is 7.42. The van der Waals surface area contributed by atoms with Crippen molar-refractivity contribution in [2.45, 2.75) is 61.6 Å². The topological polar surface area (TPSA) is 71.5 Å². The van der Waals surface area contributed by atoms with Crippen LogP contribution in [0.3, 0.4) is 0 Å². The molecule has 8 heteroatoms. The first-order valence-corrected chi connectivity index (χ1v) is 11.0. The number of carbonyl (C=O) groups excluding carboxylic acids is 2. The molecule has 2 heterocycles. The number of anilines is 1. The van der Waals surface area contributed by atoms with Crippen LogP contribution in [0.1, 0.15) is 40.5 Å². The SMILES string of the molecule is CC(C)(C)OC(=O)N1CCC[C@@]1(C)C(=O)Nc1ccc(Sc2ccc(Cl)cc2)nc1. The molecule has 0 bridgehead atoms. The van der Waals surface area contributed by atoms with Gasteiger partial charge in [-0.25, -0.2) is 9.78 Å². The standard InChI is InChI=1S/C22H26ClN3O3S/c1-21(2,3)29-20(28)26-13-5-12-22(26,4)19(27)25-16-8-11-18(24-14-16)30-17-9-6-15(23)7-10-17/h6-11,14H,5,12-13H2,1-4H3,(H,25,27)/t22-/m0/s1. The van der Waals surface area contributed by atoms with Gasteiger partial charge in [0, 0.05) is 16.5 Å². The molecule has 0 aliphatic carbocycles. The number of halogens is 1. The molecule has 0 spiro atoms. The molecule has 1 atom stereocenters. The number of aromatic nitrogens is 1. The lowest BCUT2D eigenvalue weighted by Crippen LogP contribution is -2.54. The molecule has 1 fully saturated rings. The monoisotopic (exact) mass is 447 g/mol. The lowest BCUT2D eigenvalue weighted by Gasteiger charge is -2.35. The highest BCUT2D eigenvalue weighted by atomic mass is 35.5. The maximum absolute atomic E-state index is 13.0. The third kappa shape index (κ3) is 5.46. The minimum atomic E-state index is -0.959. The van der Waals surface area contributed by atoms with Crippen LogP contribution >= 0.6 is 23.4 Å². The Hall–Kier alpha value is -2.25. The van der Waals surface area contributed by atoms with Crippen molar-refractivity contribution in [2.75, 3.05) is 11.9 Å². The number of pyridine rings is 1. The van der Waals surface area contributed by atoms with Gasteiger partial charge in [0.15, 0.2) is 0 Å². The van der Waals surface area contributed by atoms with Crippen LogP contribution in [0, 0.1) is 0 Å². The number of amides is 2. The molecule has 6 nitrogen and oxygen atoms in total. The molecule has 2 amide bonds. The summed E-state index contributed by atoms with van der Waals surface area (Å²) in [5, 5.41) is 4.38. The van der Waals surface area contributed by atoms with Crippen LogP contribution in [0.4, 0.5) is 10.5 Å². The highest BCUT2D eigenvalue weighted by Gasteiger charge is 2.47. The first-order chi connectivity index (χ1) is 14.1. The Morgan fingerprint density at radius 3 is 2.50 bits per heavy atom. The van der Waals surface area contributed by atoms with Crippen LogP contribution in [-0.2, 0) is 9.53 Å². The number of hydrogen-bond acceptors (Lipinski definition) is 5. The van der Waals surface area contributed by atoms with Gasteiger partial charge in [0.05, 0.1) is 11.9 Å². The van der Waals surface area contributed by atoms with E-state index in [1.807, 2.05) is 51.1 Å². The van der Waals surface area contributed by atoms with Gasteiger partial charge in [-0.2, -0.15) is 0 Å². The zero-order valence-electron chi connectivity index (χ0n) is 17.6. The minimum Gasteiger partial charge on any atom is -0.444 e. The summed E-state index contributed by atoms with van der Waals surface area (Å²) in [6, 6.07) is 11.2. The number of rotatable bonds is 4. The number of nitrogens with zero attached hydrogens (tertiary/aromatic N) is 2. The van der Waals surface area contributed by atoms with E-state index in [4.69, 9.17) is 16.3 Å². The average molecular weight is 448 g/mol. The molecule has 3 rings (SSSR count). The summed E-state index contributed by atoms with van der Waals surface area (Å²) in [6.07, 6.45) is 2.48. The second-order valence-corrected chi connectivity index (χ2v) is 9.93. The van der Waals surface area contributed by atoms with E-state index >= 15 is 0 Å². The summed E-state index contributed by atoms with van der Waals surface area (Å²) in [5.41, 5.74) is -0.991. The Morgan fingerprint density at radius 1 is 1.20 bits per heavy atom. The van der Waals surface area contributed by atoms with E-state index in [1.165, 1.54) is 16.7 Å². The molecule has 0 saturated carbocycles. The molecule has 1 N–H and O–H groups in total. The second kappa shape index (κ2) is 8.86. The molecule has 30 heavy (non-hydrogen) atoms. The van der Waals surface area contributed by atoms with Gasteiger partial charge in [-0.3, -0.25) is 9.69 Å². The number of carbonyl (C=O) groups is 2. The molecule has 1 aromatic heterocycles. The molecule has 0 radical (unpaired) electrons. The van der Waals surface area contributed by atoms with E-state index in [0.717, 1.165) is 16.3 Å². The highest BCUT2D eigenvalue weighted by Crippen LogP contribution is 2.32. The Labute approximate surface area is 186 Å². The number of nitrogens with one attached hydrogen (secondary N) is 1. The fourth-order valence-electron chi connectivity index (χ4n) is 3.21. The van der Waals surface area contributed by atoms with Crippen LogP contribution in [0.2, 0.25) is 5.02 Å². The molecule has 1 aliphatic rings. The molecule has 0 unspecified atom stereocenters. The Balaban J connectivity index is 1.65. The quantitative estimate of drug-likeness (QED) is 0.659. The van der Waals surface area contributed by atoms with Crippen molar-refractivity contribution in [3.63, 3.8) is 0 Å². The van der Waals surface area contributed by atoms with Crippen molar-refractivity contribution in [1.82, 2.24) is 9.88 Å². The summed E-state index contributed by atoms with van der Waals surface area (Å²) in [4.78, 5) is 32.5. The van der Waals surface area contributed by atoms with Crippen molar-refractivity contribution in [3.05, 3.63) is 47.6 Å². The average Bonchev–Trinajstić information content (AvgIpc) is 3.07. The highest BCUT2D eigenvalue weighted by molar-refractivity contribution is 7.99. The third-order valence-corrected chi connectivity index (χ3v) is 5.98. The maximum Gasteiger partial charge on any atom is 0.411 e. The first-order valence-electron chi connectivity index (χ1n) is 9.78. The van der Waals surface area contributed by atoms with Crippen molar-refractivity contribution in [1.29, 1.82) is 0 Å². The minimum absolute atomic E-state index is 0.245. The fraction of sp³-hybridized carbons (Fsp3) is 0.409. The van der Waals surface area contributed by atoms with Crippen molar-refractivity contribution in [2.24, 2.45) is 0 Å². The van der Waals surface area contributed by atoms with Crippen molar-refractivity contribution >= 4 is 41.1 Å². The predicted molar refractivity (Wildman–Crippen MR) is 119 cm³/mol. The number of likely N-dealkylation sites (tertiary alicyclic amines) is 1. The Bertz CT molecular complexity index is 913. The number of ether oxygens (including phenoxy) is 1. The van der Waals surface area contributed by atoms with E-state index in [1.54, 1.807) is 19.2 Å². The smallest absolute Gasteiger partial charge is 0.411 e. The number of hydrogen-bond donors (Lipinski definition) is 1. The van der Waals surface area contributed by atoms with Gasteiger partial charge >= 0.3 is 6.09 Å². The van der Waals surface area contributed by atoms with Gasteiger partial charge in [-0.15, -0.1) is 0 Å². The van der Waals surface area contributed by atoms with Crippen molar-refractivity contribution in [3.8, 4) is 0 Å². The largest absolute Gasteiger partial charge is 0.444 e. The van der Waals surface area contributed by atoms with Gasteiger partial charge in [-0.05, 0) is 76.9 Å². The van der Waals surface area contributed by atoms with Crippen LogP contribution in [-0.4, -0.2) is 39.6 Å². The van der Waals surface area contributed by atoms with Gasteiger partial charge < -0.3 is 10.1 Å². The van der Waals surface area contributed by atoms with Crippen LogP contribution in [0.15, 0.2) is 52.5 Å². The van der Waals surface area contributed by atoms with Gasteiger partial charge in [0.2, 0.25) is 5.91 Å². The fourth-order valence-corrected chi connectivity index (χ4v) is 4.09. The molecule has 1 aliphatic heterocycles. The van der Waals surface area contributed by atoms with E-state index in [-0.39, 0.29) is 5.91 Å². The zero-order chi connectivity index (χ0) is 21.9. The van der Waals surface area contributed by atoms with Crippen LogP contribution in [0.25, 0.3) is 0 Å². The van der Waals surface area contributed by atoms with E-state index in [9.17, 15) is 9.59 Å². The molecule has 2 aromatic rings. The van der Waals surface area contributed by atoms with E-state index < -0.39 is 17.2 Å². The molecule has 1 saturated heterocycles. The summed E-state index contributed by atoms with van der Waals surface area (Å²) in [6.45, 7) is 7.71. The second-order valence-electron chi connectivity index (χ2n) is 8.40. The van der Waals surface area contributed by atoms with E-state index in [2.05, 4.69) is 10.3 Å². The van der Waals surface area contributed by atoms with Gasteiger partial charge in [-0.1, -0.05) is 23.4 Å². The summed E-state index contributed by atoms with van der Waals surface area (Å²) in [5.74, 6) is -0.245. The van der Waals surface area contributed by atoms with Crippen molar-refractivity contribution < 1.29 is 14.3 Å². The first kappa shape index (κ1) is 22.4. The third-order valence-electron chi connectivity index (χ3n) is 4.77. The number of benzene rings is 1. The lowest BCUT2D eigenvalue weighted by molar-refractivity contribution is -0.125. The molecular weight excluding hydrogens is 422 g/mol. The Morgan fingerprint density at radius 2 is 1.90 bits per heavy atom. The zero-order valence-corrected chi connectivity index (χ0v) is 19.1. The van der Waals surface area contributed by atoms with E-state index in [0.29, 0.717) is 23.7 Å². The molecule has 1 aromatic carbocycles.